The van der Waals surface area contributed by atoms with Gasteiger partial charge in [-0.05, 0) is 13.3 Å². The third kappa shape index (κ3) is 6.89. The minimum Gasteiger partial charge on any atom is -0.481 e. The summed E-state index contributed by atoms with van der Waals surface area (Å²) in [5, 5.41) is 47.4. The zero-order valence-electron chi connectivity index (χ0n) is 12.8. The van der Waals surface area contributed by atoms with Gasteiger partial charge < -0.3 is 40.7 Å². The lowest BCUT2D eigenvalue weighted by Crippen LogP contribution is -2.59. The maximum Gasteiger partial charge on any atom is 0.313 e. The Bertz CT molecular complexity index is 372. The molecule has 0 amide bonds. The molecule has 7 N–H and O–H groups in total. The lowest BCUT2D eigenvalue weighted by Gasteiger charge is -2.40. The van der Waals surface area contributed by atoms with Crippen molar-refractivity contribution in [3.8, 4) is 0 Å². The van der Waals surface area contributed by atoms with Crippen LogP contribution in [0.4, 0.5) is 0 Å². The van der Waals surface area contributed by atoms with Gasteiger partial charge in [0.15, 0.2) is 6.29 Å². The molecule has 10 heteroatoms. The topological polar surface area (TPSA) is 163 Å². The smallest absolute Gasteiger partial charge is 0.313 e. The summed E-state index contributed by atoms with van der Waals surface area (Å²) in [6, 6.07) is -0.477. The minimum absolute atomic E-state index is 0.00949. The van der Waals surface area contributed by atoms with E-state index in [0.29, 0.717) is 6.42 Å². The van der Waals surface area contributed by atoms with Crippen LogP contribution in [0, 0.1) is 0 Å². The Hall–Kier alpha value is -0.460. The maximum atomic E-state index is 10.5. The maximum absolute atomic E-state index is 10.5. The summed E-state index contributed by atoms with van der Waals surface area (Å²) in [4.78, 5) is 10.5. The molecule has 23 heavy (non-hydrogen) atoms. The highest BCUT2D eigenvalue weighted by atomic mass is 32.2. The Morgan fingerprint density at radius 1 is 1.30 bits per heavy atom. The second kappa shape index (κ2) is 9.74. The number of carbonyl (C=O) groups is 1. The van der Waals surface area contributed by atoms with Gasteiger partial charge in [-0.2, -0.15) is 0 Å². The predicted octanol–water partition coefficient (Wildman–Crippen LogP) is -2.27. The highest BCUT2D eigenvalue weighted by molar-refractivity contribution is 7.99. The first kappa shape index (κ1) is 20.6. The highest BCUT2D eigenvalue weighted by Gasteiger charge is 2.44. The van der Waals surface area contributed by atoms with E-state index in [-0.39, 0.29) is 18.1 Å². The number of aliphatic carboxylic acids is 1. The molecule has 1 heterocycles. The van der Waals surface area contributed by atoms with Crippen molar-refractivity contribution in [1.29, 1.82) is 0 Å². The minimum atomic E-state index is -1.47. The number of carboxylic acids is 1. The number of carboxylic acid groups (broad SMARTS) is 1. The van der Waals surface area contributed by atoms with Crippen LogP contribution in [0.25, 0.3) is 0 Å². The molecule has 0 saturated carbocycles. The molecular weight excluding hydrogens is 330 g/mol. The Labute approximate surface area is 138 Å². The van der Waals surface area contributed by atoms with E-state index in [2.05, 4.69) is 0 Å². The molecule has 0 aromatic heterocycles. The van der Waals surface area contributed by atoms with Crippen molar-refractivity contribution < 1.29 is 39.8 Å². The van der Waals surface area contributed by atoms with Crippen molar-refractivity contribution in [2.45, 2.75) is 56.2 Å². The van der Waals surface area contributed by atoms with Gasteiger partial charge in [-0.15, -0.1) is 11.8 Å². The van der Waals surface area contributed by atoms with Gasteiger partial charge in [0.05, 0.1) is 24.6 Å². The number of ether oxygens (including phenoxy) is 2. The second-order valence-electron chi connectivity index (χ2n) is 5.60. The molecule has 1 rings (SSSR count). The van der Waals surface area contributed by atoms with E-state index >= 15 is 0 Å². The molecule has 7 atom stereocenters. The fourth-order valence-electron chi connectivity index (χ4n) is 2.18. The van der Waals surface area contributed by atoms with Crippen LogP contribution in [0.3, 0.4) is 0 Å². The van der Waals surface area contributed by atoms with Gasteiger partial charge in [-0.25, -0.2) is 0 Å². The molecule has 1 saturated heterocycles. The molecule has 136 valence electrons. The summed E-state index contributed by atoms with van der Waals surface area (Å²) in [7, 11) is 0. The number of hydrogen-bond acceptors (Lipinski definition) is 9. The first-order valence-electron chi connectivity index (χ1n) is 7.26. The van der Waals surface area contributed by atoms with Crippen LogP contribution in [0.5, 0.6) is 0 Å². The van der Waals surface area contributed by atoms with Crippen molar-refractivity contribution >= 4 is 17.7 Å². The molecule has 1 fully saturated rings. The summed E-state index contributed by atoms with van der Waals surface area (Å²) in [5.41, 5.74) is 5.74. The van der Waals surface area contributed by atoms with Gasteiger partial charge in [-0.1, -0.05) is 0 Å². The lowest BCUT2D eigenvalue weighted by atomic mass is 10.00. The SMILES string of the molecule is C[C@@H](O)C[C@@H](N)CO[C@H]1OC(CSCC(=O)O)[C@H](O)C(O)C1O. The number of rotatable bonds is 9. The van der Waals surface area contributed by atoms with Gasteiger partial charge in [0.1, 0.15) is 18.3 Å². The molecule has 0 aromatic carbocycles. The zero-order chi connectivity index (χ0) is 17.6. The van der Waals surface area contributed by atoms with E-state index in [1.54, 1.807) is 6.92 Å². The monoisotopic (exact) mass is 355 g/mol. The van der Waals surface area contributed by atoms with E-state index in [9.17, 15) is 25.2 Å². The standard InChI is InChI=1S/C13H25NO8S/c1-6(15)2-7(14)3-21-13-12(20)11(19)10(18)8(22-13)4-23-5-9(16)17/h6-8,10-13,15,18-20H,2-5,14H2,1H3,(H,16,17)/t6-,7-,8?,10+,11?,12?,13+/m1/s1. The van der Waals surface area contributed by atoms with Crippen LogP contribution < -0.4 is 5.73 Å². The van der Waals surface area contributed by atoms with Gasteiger partial charge in [0.25, 0.3) is 0 Å². The zero-order valence-corrected chi connectivity index (χ0v) is 13.6. The van der Waals surface area contributed by atoms with Crippen molar-refractivity contribution in [2.24, 2.45) is 5.73 Å². The first-order valence-corrected chi connectivity index (χ1v) is 8.42. The van der Waals surface area contributed by atoms with Crippen LogP contribution in [-0.2, 0) is 14.3 Å². The molecule has 0 bridgehead atoms. The van der Waals surface area contributed by atoms with Crippen LogP contribution in [-0.4, -0.2) is 92.5 Å². The van der Waals surface area contributed by atoms with E-state index in [1.807, 2.05) is 0 Å². The highest BCUT2D eigenvalue weighted by Crippen LogP contribution is 2.24. The van der Waals surface area contributed by atoms with Gasteiger partial charge in [-0.3, -0.25) is 4.79 Å². The molecule has 0 aromatic rings. The number of aliphatic hydroxyl groups excluding tert-OH is 4. The summed E-state index contributed by atoms with van der Waals surface area (Å²) >= 11 is 1.02. The van der Waals surface area contributed by atoms with Crippen LogP contribution in [0.2, 0.25) is 0 Å². The van der Waals surface area contributed by atoms with E-state index in [4.69, 9.17) is 20.3 Å². The van der Waals surface area contributed by atoms with Gasteiger partial charge in [0, 0.05) is 11.8 Å². The predicted molar refractivity (Wildman–Crippen MR) is 81.9 cm³/mol. The lowest BCUT2D eigenvalue weighted by molar-refractivity contribution is -0.293. The summed E-state index contributed by atoms with van der Waals surface area (Å²) in [5.74, 6) is -1.05. The number of hydrogen-bond donors (Lipinski definition) is 6. The third-order valence-corrected chi connectivity index (χ3v) is 4.31. The van der Waals surface area contributed by atoms with Crippen molar-refractivity contribution in [2.75, 3.05) is 18.1 Å². The molecular formula is C13H25NO8S. The Balaban J connectivity index is 2.52. The van der Waals surface area contributed by atoms with Crippen LogP contribution in [0.1, 0.15) is 13.3 Å². The van der Waals surface area contributed by atoms with Crippen molar-refractivity contribution in [3.05, 3.63) is 0 Å². The second-order valence-corrected chi connectivity index (χ2v) is 6.63. The van der Waals surface area contributed by atoms with Crippen LogP contribution >= 0.6 is 11.8 Å². The van der Waals surface area contributed by atoms with Gasteiger partial charge >= 0.3 is 5.97 Å². The molecule has 1 aliphatic rings. The van der Waals surface area contributed by atoms with Gasteiger partial charge in [0.2, 0.25) is 0 Å². The molecule has 0 spiro atoms. The molecule has 9 nitrogen and oxygen atoms in total. The fraction of sp³-hybridized carbons (Fsp3) is 0.923. The number of aliphatic hydroxyl groups is 4. The fourth-order valence-corrected chi connectivity index (χ4v) is 2.98. The largest absolute Gasteiger partial charge is 0.481 e. The van der Waals surface area contributed by atoms with Crippen LogP contribution in [0.15, 0.2) is 0 Å². The average molecular weight is 355 g/mol. The van der Waals surface area contributed by atoms with E-state index < -0.39 is 48.8 Å². The number of thioether (sulfide) groups is 1. The van der Waals surface area contributed by atoms with Crippen molar-refractivity contribution in [3.63, 3.8) is 0 Å². The Morgan fingerprint density at radius 3 is 2.52 bits per heavy atom. The molecule has 0 aliphatic carbocycles. The quantitative estimate of drug-likeness (QED) is 0.266. The van der Waals surface area contributed by atoms with E-state index in [0.717, 1.165) is 11.8 Å². The third-order valence-electron chi connectivity index (χ3n) is 3.29. The molecule has 3 unspecified atom stereocenters. The first-order chi connectivity index (χ1) is 10.7. The Morgan fingerprint density at radius 2 is 1.96 bits per heavy atom. The average Bonchev–Trinajstić information content (AvgIpc) is 2.45. The normalized spacial score (nSPS) is 34.1. The summed E-state index contributed by atoms with van der Waals surface area (Å²) in [6.45, 7) is 1.58. The Kier molecular flexibility index (Phi) is 8.72. The number of nitrogens with two attached hydrogens (primary N) is 1. The summed E-state index contributed by atoms with van der Waals surface area (Å²) < 4.78 is 10.7. The molecule has 1 aliphatic heterocycles. The van der Waals surface area contributed by atoms with E-state index in [1.165, 1.54) is 0 Å². The van der Waals surface area contributed by atoms with Crippen molar-refractivity contribution in [1.82, 2.24) is 0 Å². The molecule has 0 radical (unpaired) electrons. The summed E-state index contributed by atoms with van der Waals surface area (Å²) in [6.07, 6.45) is -6.65.